The molecule has 2 unspecified atom stereocenters. The maximum Gasteiger partial charge on any atom is 0.319 e. The Morgan fingerprint density at radius 3 is 2.91 bits per heavy atom. The van der Waals surface area contributed by atoms with E-state index in [-0.39, 0.29) is 18.7 Å². The molecule has 0 radical (unpaired) electrons. The molecular formula is C16H24FN3O2. The molecule has 22 heavy (non-hydrogen) atoms. The predicted molar refractivity (Wildman–Crippen MR) is 85.2 cm³/mol. The van der Waals surface area contributed by atoms with Crippen LogP contribution in [0, 0.1) is 0 Å². The first-order valence-electron chi connectivity index (χ1n) is 7.61. The fourth-order valence-electron chi connectivity index (χ4n) is 2.73. The molecule has 2 atom stereocenters. The maximum atomic E-state index is 12.1. The van der Waals surface area contributed by atoms with Gasteiger partial charge in [0, 0.05) is 23.8 Å². The molecule has 1 aromatic carbocycles. The van der Waals surface area contributed by atoms with E-state index in [0.29, 0.717) is 17.5 Å². The average Bonchev–Trinajstić information content (AvgIpc) is 2.94. The third kappa shape index (κ3) is 4.87. The molecule has 0 aromatic heterocycles. The van der Waals surface area contributed by atoms with E-state index in [2.05, 4.69) is 29.6 Å². The third-order valence-corrected chi connectivity index (χ3v) is 3.91. The number of nitrogens with zero attached hydrogens (tertiary/aromatic N) is 1. The minimum Gasteiger partial charge on any atom is -0.491 e. The first kappa shape index (κ1) is 16.5. The topological polar surface area (TPSA) is 53.6 Å². The predicted octanol–water partition coefficient (Wildman–Crippen LogP) is 2.64. The number of benzene rings is 1. The van der Waals surface area contributed by atoms with Crippen molar-refractivity contribution in [2.24, 2.45) is 0 Å². The van der Waals surface area contributed by atoms with Gasteiger partial charge in [0.05, 0.1) is 0 Å². The second kappa shape index (κ2) is 7.98. The van der Waals surface area contributed by atoms with Gasteiger partial charge in [-0.2, -0.15) is 0 Å². The number of urea groups is 1. The van der Waals surface area contributed by atoms with E-state index < -0.39 is 6.67 Å². The first-order chi connectivity index (χ1) is 10.6. The molecule has 0 saturated heterocycles. The summed E-state index contributed by atoms with van der Waals surface area (Å²) >= 11 is 0. The molecule has 5 nitrogen and oxygen atoms in total. The summed E-state index contributed by atoms with van der Waals surface area (Å²) in [5.41, 5.74) is 0.635. The van der Waals surface area contributed by atoms with Crippen molar-refractivity contribution in [2.45, 2.75) is 31.3 Å². The second-order valence-electron chi connectivity index (χ2n) is 5.79. The minimum absolute atomic E-state index is 0.0175. The van der Waals surface area contributed by atoms with Crippen LogP contribution in [0.25, 0.3) is 0 Å². The van der Waals surface area contributed by atoms with E-state index >= 15 is 0 Å². The summed E-state index contributed by atoms with van der Waals surface area (Å²) in [5.74, 6) is 0.545. The van der Waals surface area contributed by atoms with Gasteiger partial charge in [-0.15, -0.1) is 0 Å². The molecule has 6 heteroatoms. The van der Waals surface area contributed by atoms with Crippen molar-refractivity contribution in [3.8, 4) is 5.75 Å². The molecule has 0 bridgehead atoms. The Morgan fingerprint density at radius 1 is 1.41 bits per heavy atom. The number of carbonyl (C=O) groups excluding carboxylic acids is 1. The van der Waals surface area contributed by atoms with Crippen LogP contribution in [0.5, 0.6) is 5.75 Å². The average molecular weight is 309 g/mol. The number of hydrogen-bond acceptors (Lipinski definition) is 3. The Hall–Kier alpha value is -1.82. The van der Waals surface area contributed by atoms with E-state index in [9.17, 15) is 9.18 Å². The number of hydrogen-bond donors (Lipinski definition) is 2. The zero-order valence-electron chi connectivity index (χ0n) is 13.1. The minimum atomic E-state index is -0.535. The third-order valence-electron chi connectivity index (χ3n) is 3.91. The molecule has 122 valence electrons. The Labute approximate surface area is 130 Å². The van der Waals surface area contributed by atoms with Gasteiger partial charge < -0.3 is 20.3 Å². The molecule has 1 aliphatic rings. The van der Waals surface area contributed by atoms with Crippen molar-refractivity contribution >= 4 is 11.7 Å². The van der Waals surface area contributed by atoms with E-state index in [4.69, 9.17) is 4.74 Å². The number of halogens is 1. The highest BCUT2D eigenvalue weighted by molar-refractivity contribution is 5.89. The number of carbonyl (C=O) groups is 1. The number of nitrogens with one attached hydrogen (secondary N) is 2. The van der Waals surface area contributed by atoms with Crippen LogP contribution < -0.4 is 15.4 Å². The summed E-state index contributed by atoms with van der Waals surface area (Å²) in [4.78, 5) is 14.2. The summed E-state index contributed by atoms with van der Waals surface area (Å²) in [5, 5.41) is 5.79. The van der Waals surface area contributed by atoms with E-state index in [0.717, 1.165) is 19.3 Å². The molecule has 2 amide bonds. The lowest BCUT2D eigenvalue weighted by Crippen LogP contribution is -2.37. The summed E-state index contributed by atoms with van der Waals surface area (Å²) in [7, 11) is 4.13. The molecule has 0 heterocycles. The quantitative estimate of drug-likeness (QED) is 0.849. The Balaban J connectivity index is 1.82. The lowest BCUT2D eigenvalue weighted by Gasteiger charge is -2.19. The molecular weight excluding hydrogens is 285 g/mol. The maximum absolute atomic E-state index is 12.1. The molecule has 1 fully saturated rings. The zero-order valence-corrected chi connectivity index (χ0v) is 13.1. The van der Waals surface area contributed by atoms with Crippen molar-refractivity contribution in [3.05, 3.63) is 24.3 Å². The van der Waals surface area contributed by atoms with Crippen LogP contribution in [0.15, 0.2) is 24.3 Å². The highest BCUT2D eigenvalue weighted by atomic mass is 19.1. The highest BCUT2D eigenvalue weighted by Gasteiger charge is 2.26. The smallest absolute Gasteiger partial charge is 0.319 e. The number of anilines is 1. The Kier molecular flexibility index (Phi) is 6.00. The van der Waals surface area contributed by atoms with Crippen LogP contribution in [-0.4, -0.2) is 50.4 Å². The lowest BCUT2D eigenvalue weighted by atomic mass is 10.2. The SMILES string of the molecule is CN(C)C1CCC(NC(=O)Nc2cccc(OCCF)c2)C1. The van der Waals surface area contributed by atoms with E-state index in [1.54, 1.807) is 24.3 Å². The van der Waals surface area contributed by atoms with Gasteiger partial charge in [-0.25, -0.2) is 9.18 Å². The first-order valence-corrected chi connectivity index (χ1v) is 7.61. The fourth-order valence-corrected chi connectivity index (χ4v) is 2.73. The van der Waals surface area contributed by atoms with Gasteiger partial charge in [0.1, 0.15) is 19.0 Å². The van der Waals surface area contributed by atoms with Crippen molar-refractivity contribution in [3.63, 3.8) is 0 Å². The highest BCUT2D eigenvalue weighted by Crippen LogP contribution is 2.23. The summed E-state index contributed by atoms with van der Waals surface area (Å²) in [6.07, 6.45) is 3.07. The summed E-state index contributed by atoms with van der Waals surface area (Å²) in [6, 6.07) is 7.48. The lowest BCUT2D eigenvalue weighted by molar-refractivity contribution is 0.247. The molecule has 2 rings (SSSR count). The van der Waals surface area contributed by atoms with Gasteiger partial charge in [-0.05, 0) is 45.5 Å². The van der Waals surface area contributed by atoms with Crippen molar-refractivity contribution in [1.82, 2.24) is 10.2 Å². The van der Waals surface area contributed by atoms with Crippen LogP contribution in [-0.2, 0) is 0 Å². The van der Waals surface area contributed by atoms with Crippen LogP contribution >= 0.6 is 0 Å². The number of alkyl halides is 1. The molecule has 0 spiro atoms. The van der Waals surface area contributed by atoms with Gasteiger partial charge in [0.25, 0.3) is 0 Å². The number of rotatable bonds is 6. The van der Waals surface area contributed by atoms with Gasteiger partial charge in [-0.3, -0.25) is 0 Å². The van der Waals surface area contributed by atoms with Crippen molar-refractivity contribution in [2.75, 3.05) is 32.7 Å². The van der Waals surface area contributed by atoms with Gasteiger partial charge in [0.15, 0.2) is 0 Å². The van der Waals surface area contributed by atoms with Crippen LogP contribution in [0.2, 0.25) is 0 Å². The van der Waals surface area contributed by atoms with Gasteiger partial charge in [0.2, 0.25) is 0 Å². The van der Waals surface area contributed by atoms with Crippen LogP contribution in [0.1, 0.15) is 19.3 Å². The number of ether oxygens (including phenoxy) is 1. The fraction of sp³-hybridized carbons (Fsp3) is 0.562. The Bertz CT molecular complexity index is 496. The molecule has 1 saturated carbocycles. The second-order valence-corrected chi connectivity index (χ2v) is 5.79. The summed E-state index contributed by atoms with van der Waals surface area (Å²) < 4.78 is 17.3. The van der Waals surface area contributed by atoms with Crippen LogP contribution in [0.4, 0.5) is 14.9 Å². The van der Waals surface area contributed by atoms with E-state index in [1.807, 2.05) is 0 Å². The Morgan fingerprint density at radius 2 is 2.23 bits per heavy atom. The van der Waals surface area contributed by atoms with Crippen molar-refractivity contribution < 1.29 is 13.9 Å². The molecule has 1 aromatic rings. The molecule has 1 aliphatic carbocycles. The van der Waals surface area contributed by atoms with Crippen LogP contribution in [0.3, 0.4) is 0 Å². The van der Waals surface area contributed by atoms with Crippen molar-refractivity contribution in [1.29, 1.82) is 0 Å². The van der Waals surface area contributed by atoms with E-state index in [1.165, 1.54) is 0 Å². The standard InChI is InChI=1S/C16H24FN3O2/c1-20(2)14-7-6-13(10-14)19-16(21)18-12-4-3-5-15(11-12)22-9-8-17/h3-5,11,13-14H,6-10H2,1-2H3,(H2,18,19,21). The van der Waals surface area contributed by atoms with Gasteiger partial charge in [-0.1, -0.05) is 6.07 Å². The van der Waals surface area contributed by atoms with Gasteiger partial charge >= 0.3 is 6.03 Å². The number of amides is 2. The summed E-state index contributed by atoms with van der Waals surface area (Å²) in [6.45, 7) is -0.517. The molecule has 2 N–H and O–H groups in total. The monoisotopic (exact) mass is 309 g/mol. The largest absolute Gasteiger partial charge is 0.491 e. The normalized spacial score (nSPS) is 20.9. The molecule has 0 aliphatic heterocycles. The zero-order chi connectivity index (χ0) is 15.9.